The number of hydrogen-bond donors (Lipinski definition) is 3. The number of aliphatic hydroxyl groups is 3. The number of hydrogen-bond acceptors (Lipinski definition) is 7. The van der Waals surface area contributed by atoms with Crippen molar-refractivity contribution in [3.63, 3.8) is 0 Å². The van der Waals surface area contributed by atoms with Gasteiger partial charge in [0.15, 0.2) is 11.6 Å². The summed E-state index contributed by atoms with van der Waals surface area (Å²) in [5, 5.41) is 32.3. The molecule has 1 unspecified atom stereocenters. The van der Waals surface area contributed by atoms with Gasteiger partial charge >= 0.3 is 0 Å². The number of carbonyl (C=O) groups is 1. The van der Waals surface area contributed by atoms with Crippen molar-refractivity contribution < 1.29 is 34.3 Å². The highest BCUT2D eigenvalue weighted by Crippen LogP contribution is 2.62. The molecule has 5 aliphatic rings. The number of ketones is 1. The van der Waals surface area contributed by atoms with E-state index in [2.05, 4.69) is 6.92 Å². The Bertz CT molecular complexity index is 720. The summed E-state index contributed by atoms with van der Waals surface area (Å²) in [5.41, 5.74) is 0.487. The first-order valence-corrected chi connectivity index (χ1v) is 11.3. The van der Waals surface area contributed by atoms with Crippen LogP contribution in [0.1, 0.15) is 71.1 Å². The van der Waals surface area contributed by atoms with Gasteiger partial charge in [0.05, 0.1) is 18.1 Å². The number of rotatable bonds is 5. The third-order valence-corrected chi connectivity index (χ3v) is 7.68. The van der Waals surface area contributed by atoms with Gasteiger partial charge in [0, 0.05) is 24.3 Å². The number of unbranched alkanes of at least 4 members (excludes halogenated alkanes) is 3. The second kappa shape index (κ2) is 7.02. The molecule has 3 aliphatic heterocycles. The molecule has 1 spiro atoms. The second-order valence-corrected chi connectivity index (χ2v) is 9.46. The Morgan fingerprint density at radius 2 is 1.97 bits per heavy atom. The van der Waals surface area contributed by atoms with Gasteiger partial charge in [-0.25, -0.2) is 0 Å². The van der Waals surface area contributed by atoms with Crippen molar-refractivity contribution in [3.05, 3.63) is 11.3 Å². The molecule has 29 heavy (non-hydrogen) atoms. The van der Waals surface area contributed by atoms with Crippen molar-refractivity contribution >= 4 is 5.78 Å². The minimum Gasteiger partial charge on any atom is -0.463 e. The molecule has 3 fully saturated rings. The van der Waals surface area contributed by atoms with E-state index < -0.39 is 29.7 Å². The Hall–Kier alpha value is -0.990. The summed E-state index contributed by atoms with van der Waals surface area (Å²) >= 11 is 0. The molecule has 0 amide bonds. The van der Waals surface area contributed by atoms with Crippen LogP contribution >= 0.6 is 0 Å². The summed E-state index contributed by atoms with van der Waals surface area (Å²) in [7, 11) is 0. The molecular formula is C22H32O7. The summed E-state index contributed by atoms with van der Waals surface area (Å²) < 4.78 is 18.8. The van der Waals surface area contributed by atoms with Crippen LogP contribution in [0.25, 0.3) is 0 Å². The van der Waals surface area contributed by atoms with Crippen LogP contribution in [0.5, 0.6) is 0 Å². The molecule has 3 heterocycles. The summed E-state index contributed by atoms with van der Waals surface area (Å²) in [6.07, 6.45) is 5.12. The van der Waals surface area contributed by atoms with Crippen molar-refractivity contribution in [2.24, 2.45) is 11.8 Å². The first-order chi connectivity index (χ1) is 13.9. The number of aliphatic hydroxyl groups excluding tert-OH is 2. The SMILES string of the molecule is CCCCCC[C@@H]1O[C@]23CC[C@H](O)[C@@]4(O)OC5=C(C(=O)[C@H](O)CC5)[C@H](CC1O2)[C@H]34. The molecule has 8 atom stereocenters. The molecule has 5 rings (SSSR count). The van der Waals surface area contributed by atoms with E-state index in [1.165, 1.54) is 12.8 Å². The van der Waals surface area contributed by atoms with E-state index in [-0.39, 0.29) is 30.3 Å². The fourth-order valence-corrected chi connectivity index (χ4v) is 6.34. The molecular weight excluding hydrogens is 376 g/mol. The fourth-order valence-electron chi connectivity index (χ4n) is 6.34. The van der Waals surface area contributed by atoms with Crippen LogP contribution in [0, 0.1) is 11.8 Å². The Morgan fingerprint density at radius 3 is 2.76 bits per heavy atom. The Kier molecular flexibility index (Phi) is 4.83. The Balaban J connectivity index is 1.50. The average molecular weight is 408 g/mol. The van der Waals surface area contributed by atoms with Gasteiger partial charge in [-0.15, -0.1) is 0 Å². The zero-order valence-corrected chi connectivity index (χ0v) is 17.0. The molecule has 1 saturated carbocycles. The Morgan fingerprint density at radius 1 is 1.14 bits per heavy atom. The maximum absolute atomic E-state index is 12.9. The van der Waals surface area contributed by atoms with Crippen molar-refractivity contribution in [2.45, 2.75) is 107 Å². The number of Topliss-reactive ketones (excluding diaryl/α,β-unsaturated/α-hetero) is 1. The van der Waals surface area contributed by atoms with Crippen LogP contribution in [-0.4, -0.2) is 57.1 Å². The molecule has 0 aromatic heterocycles. The van der Waals surface area contributed by atoms with E-state index in [0.717, 1.165) is 19.3 Å². The molecule has 2 saturated heterocycles. The molecule has 0 aromatic rings. The molecule has 0 aromatic carbocycles. The third-order valence-electron chi connectivity index (χ3n) is 7.68. The van der Waals surface area contributed by atoms with Crippen LogP contribution in [0.3, 0.4) is 0 Å². The normalized spacial score (nSPS) is 48.2. The maximum Gasteiger partial charge on any atom is 0.242 e. The van der Waals surface area contributed by atoms with Gasteiger partial charge in [0.2, 0.25) is 5.79 Å². The Labute approximate surface area is 171 Å². The van der Waals surface area contributed by atoms with Crippen molar-refractivity contribution in [2.75, 3.05) is 0 Å². The predicted molar refractivity (Wildman–Crippen MR) is 101 cm³/mol. The van der Waals surface area contributed by atoms with Gasteiger partial charge in [0.1, 0.15) is 18.0 Å². The lowest BCUT2D eigenvalue weighted by atomic mass is 9.62. The topological polar surface area (TPSA) is 105 Å². The molecule has 2 aliphatic carbocycles. The highest BCUT2D eigenvalue weighted by atomic mass is 16.8. The van der Waals surface area contributed by atoms with Gasteiger partial charge in [0.25, 0.3) is 0 Å². The molecule has 162 valence electrons. The first kappa shape index (κ1) is 19.9. The molecule has 7 heteroatoms. The van der Waals surface area contributed by atoms with Crippen LogP contribution in [0.15, 0.2) is 11.3 Å². The quantitative estimate of drug-likeness (QED) is 0.597. The summed E-state index contributed by atoms with van der Waals surface area (Å²) in [6, 6.07) is 0. The van der Waals surface area contributed by atoms with E-state index >= 15 is 0 Å². The van der Waals surface area contributed by atoms with Crippen molar-refractivity contribution in [3.8, 4) is 0 Å². The molecule has 3 N–H and O–H groups in total. The largest absolute Gasteiger partial charge is 0.463 e. The van der Waals surface area contributed by atoms with Crippen LogP contribution in [0.4, 0.5) is 0 Å². The lowest BCUT2D eigenvalue weighted by Crippen LogP contribution is -2.69. The number of carbonyl (C=O) groups excluding carboxylic acids is 1. The average Bonchev–Trinajstić information content (AvgIpc) is 2.96. The van der Waals surface area contributed by atoms with Crippen molar-refractivity contribution in [1.29, 1.82) is 0 Å². The second-order valence-electron chi connectivity index (χ2n) is 9.46. The van der Waals surface area contributed by atoms with Gasteiger partial charge in [-0.2, -0.15) is 0 Å². The standard InChI is InChI=1S/C22H32O7/c1-2-3-4-5-6-14-16-11-12-18-15(8-7-13(23)19(18)25)29-22(26)17(24)9-10-21(27-14,28-16)20(12)22/h12-14,16-17,20,23-24,26H,2-11H2,1H3/t12-,13+,14-,16?,17-,20+,21+,22+/m0/s1. The van der Waals surface area contributed by atoms with Gasteiger partial charge in [-0.3, -0.25) is 4.79 Å². The highest BCUT2D eigenvalue weighted by Gasteiger charge is 2.72. The van der Waals surface area contributed by atoms with Crippen molar-refractivity contribution in [1.82, 2.24) is 0 Å². The zero-order valence-electron chi connectivity index (χ0n) is 17.0. The summed E-state index contributed by atoms with van der Waals surface area (Å²) in [5.74, 6) is -3.76. The van der Waals surface area contributed by atoms with Crippen LogP contribution in [-0.2, 0) is 19.0 Å². The molecule has 2 bridgehead atoms. The van der Waals surface area contributed by atoms with E-state index in [0.29, 0.717) is 37.0 Å². The predicted octanol–water partition coefficient (Wildman–Crippen LogP) is 1.92. The van der Waals surface area contributed by atoms with E-state index in [1.54, 1.807) is 0 Å². The first-order valence-electron chi connectivity index (χ1n) is 11.3. The van der Waals surface area contributed by atoms with Crippen LogP contribution in [0.2, 0.25) is 0 Å². The number of allylic oxidation sites excluding steroid dienone is 1. The fraction of sp³-hybridized carbons (Fsp3) is 0.864. The van der Waals surface area contributed by atoms with Crippen LogP contribution < -0.4 is 0 Å². The molecule has 0 radical (unpaired) electrons. The number of fused-ring (bicyclic) bond motifs is 2. The van der Waals surface area contributed by atoms with E-state index in [1.807, 2.05) is 0 Å². The minimum atomic E-state index is -1.83. The zero-order chi connectivity index (χ0) is 20.4. The lowest BCUT2D eigenvalue weighted by molar-refractivity contribution is -0.385. The molecule has 7 nitrogen and oxygen atoms in total. The smallest absolute Gasteiger partial charge is 0.242 e. The number of ether oxygens (including phenoxy) is 3. The summed E-state index contributed by atoms with van der Waals surface area (Å²) in [6.45, 7) is 2.18. The van der Waals surface area contributed by atoms with E-state index in [4.69, 9.17) is 14.2 Å². The van der Waals surface area contributed by atoms with Gasteiger partial charge in [-0.1, -0.05) is 32.6 Å². The monoisotopic (exact) mass is 408 g/mol. The van der Waals surface area contributed by atoms with E-state index in [9.17, 15) is 20.1 Å². The maximum atomic E-state index is 12.9. The summed E-state index contributed by atoms with van der Waals surface area (Å²) in [4.78, 5) is 12.9. The lowest BCUT2D eigenvalue weighted by Gasteiger charge is -2.58. The highest BCUT2D eigenvalue weighted by molar-refractivity contribution is 6.00. The van der Waals surface area contributed by atoms with Gasteiger partial charge < -0.3 is 29.5 Å². The third kappa shape index (κ3) is 2.85. The minimum absolute atomic E-state index is 0.0791. The van der Waals surface area contributed by atoms with Gasteiger partial charge in [-0.05, 0) is 25.7 Å².